The molecule has 0 fully saturated rings. The van der Waals surface area contributed by atoms with Crippen molar-refractivity contribution in [2.45, 2.75) is 27.2 Å². The maximum Gasteiger partial charge on any atom is 0.387 e. The topological polar surface area (TPSA) is 65.4 Å². The third-order valence-corrected chi connectivity index (χ3v) is 4.30. The van der Waals surface area contributed by atoms with Gasteiger partial charge in [-0.25, -0.2) is 4.68 Å². The molecule has 1 aromatic heterocycles. The van der Waals surface area contributed by atoms with Gasteiger partial charge in [-0.05, 0) is 61.4 Å². The maximum absolute atomic E-state index is 12.4. The number of carbonyl (C=O) groups excluding carboxylic acids is 1. The number of amides is 1. The number of rotatable bonds is 7. The normalized spacial score (nSPS) is 10.8. The standard InChI is InChI=1S/C20H18ClF2N3O3/c1-12-3-5-15(21)18(9-12)28-11-26-8-7-17(25-26)19(27)24-16-6-4-14(10-13(16)2)29-20(22)23/h3-10,20H,11H2,1-2H3,(H,24,27). The Balaban J connectivity index is 1.62. The number of aromatic nitrogens is 2. The second-order valence-electron chi connectivity index (χ2n) is 6.26. The van der Waals surface area contributed by atoms with E-state index in [1.807, 2.05) is 19.1 Å². The molecule has 9 heteroatoms. The molecule has 0 aliphatic heterocycles. The summed E-state index contributed by atoms with van der Waals surface area (Å²) in [6, 6.07) is 11.2. The van der Waals surface area contributed by atoms with E-state index >= 15 is 0 Å². The van der Waals surface area contributed by atoms with Crippen molar-refractivity contribution in [3.05, 3.63) is 70.5 Å². The maximum atomic E-state index is 12.4. The van der Waals surface area contributed by atoms with Crippen LogP contribution in [-0.2, 0) is 6.73 Å². The van der Waals surface area contributed by atoms with Gasteiger partial charge >= 0.3 is 6.61 Å². The summed E-state index contributed by atoms with van der Waals surface area (Å²) in [6.45, 7) is 0.769. The number of nitrogens with one attached hydrogen (secondary N) is 1. The van der Waals surface area contributed by atoms with Gasteiger partial charge in [0.2, 0.25) is 0 Å². The molecule has 0 saturated carbocycles. The first-order valence-electron chi connectivity index (χ1n) is 8.61. The van der Waals surface area contributed by atoms with E-state index in [4.69, 9.17) is 16.3 Å². The zero-order valence-electron chi connectivity index (χ0n) is 15.7. The number of hydrogen-bond donors (Lipinski definition) is 1. The molecule has 0 unspecified atom stereocenters. The van der Waals surface area contributed by atoms with E-state index in [1.54, 1.807) is 25.3 Å². The highest BCUT2D eigenvalue weighted by Crippen LogP contribution is 2.26. The number of halogens is 3. The zero-order valence-corrected chi connectivity index (χ0v) is 16.4. The number of ether oxygens (including phenoxy) is 2. The predicted octanol–water partition coefficient (Wildman–Crippen LogP) is 5.04. The molecule has 152 valence electrons. The highest BCUT2D eigenvalue weighted by molar-refractivity contribution is 6.32. The van der Waals surface area contributed by atoms with Gasteiger partial charge in [0.25, 0.3) is 5.91 Å². The molecule has 6 nitrogen and oxygen atoms in total. The highest BCUT2D eigenvalue weighted by atomic mass is 35.5. The Morgan fingerprint density at radius 1 is 1.21 bits per heavy atom. The summed E-state index contributed by atoms with van der Waals surface area (Å²) in [5.41, 5.74) is 2.23. The molecule has 0 bridgehead atoms. The number of anilines is 1. The molecule has 0 spiro atoms. The zero-order chi connectivity index (χ0) is 21.0. The van der Waals surface area contributed by atoms with E-state index in [0.29, 0.717) is 22.0 Å². The Labute approximate surface area is 171 Å². The summed E-state index contributed by atoms with van der Waals surface area (Å²) in [4.78, 5) is 12.4. The monoisotopic (exact) mass is 421 g/mol. The summed E-state index contributed by atoms with van der Waals surface area (Å²) in [5.74, 6) is 0.101. The largest absolute Gasteiger partial charge is 0.470 e. The van der Waals surface area contributed by atoms with Crippen molar-refractivity contribution in [2.24, 2.45) is 0 Å². The van der Waals surface area contributed by atoms with Gasteiger partial charge in [-0.2, -0.15) is 13.9 Å². The van der Waals surface area contributed by atoms with Crippen LogP contribution in [0.25, 0.3) is 0 Å². The van der Waals surface area contributed by atoms with Crippen LogP contribution in [0.15, 0.2) is 48.7 Å². The highest BCUT2D eigenvalue weighted by Gasteiger charge is 2.13. The second-order valence-corrected chi connectivity index (χ2v) is 6.66. The van der Waals surface area contributed by atoms with Gasteiger partial charge in [0.15, 0.2) is 12.4 Å². The summed E-state index contributed by atoms with van der Waals surface area (Å²) in [5, 5.41) is 7.35. The van der Waals surface area contributed by atoms with Gasteiger partial charge in [-0.3, -0.25) is 4.79 Å². The number of benzene rings is 2. The molecule has 1 N–H and O–H groups in total. The quantitative estimate of drug-likeness (QED) is 0.580. The number of hydrogen-bond acceptors (Lipinski definition) is 4. The molecule has 1 amide bonds. The van der Waals surface area contributed by atoms with Gasteiger partial charge in [0.1, 0.15) is 11.5 Å². The van der Waals surface area contributed by atoms with Crippen LogP contribution in [-0.4, -0.2) is 22.3 Å². The molecule has 1 heterocycles. The first-order valence-corrected chi connectivity index (χ1v) is 8.99. The van der Waals surface area contributed by atoms with Crippen LogP contribution in [0, 0.1) is 13.8 Å². The van der Waals surface area contributed by atoms with E-state index in [0.717, 1.165) is 5.56 Å². The lowest BCUT2D eigenvalue weighted by molar-refractivity contribution is -0.0498. The number of aryl methyl sites for hydroxylation is 2. The second kappa shape index (κ2) is 8.91. The minimum atomic E-state index is -2.91. The van der Waals surface area contributed by atoms with E-state index in [-0.39, 0.29) is 18.2 Å². The number of alkyl halides is 2. The minimum absolute atomic E-state index is 0.0201. The molecular weight excluding hydrogens is 404 g/mol. The number of carbonyl (C=O) groups is 1. The SMILES string of the molecule is Cc1ccc(Cl)c(OCn2ccc(C(=O)Nc3ccc(OC(F)F)cc3C)n2)c1. The average Bonchev–Trinajstić information content (AvgIpc) is 3.13. The van der Waals surface area contributed by atoms with Crippen LogP contribution in [0.4, 0.5) is 14.5 Å². The molecule has 2 aromatic carbocycles. The smallest absolute Gasteiger partial charge is 0.387 e. The van der Waals surface area contributed by atoms with Crippen LogP contribution in [0.1, 0.15) is 21.6 Å². The Morgan fingerprint density at radius 3 is 2.72 bits per heavy atom. The molecule has 3 aromatic rings. The van der Waals surface area contributed by atoms with Gasteiger partial charge in [0, 0.05) is 11.9 Å². The van der Waals surface area contributed by atoms with E-state index in [9.17, 15) is 13.6 Å². The minimum Gasteiger partial charge on any atom is -0.470 e. The Hall–Kier alpha value is -3.13. The first-order chi connectivity index (χ1) is 13.8. The van der Waals surface area contributed by atoms with Crippen molar-refractivity contribution in [2.75, 3.05) is 5.32 Å². The van der Waals surface area contributed by atoms with Crippen LogP contribution < -0.4 is 14.8 Å². The Morgan fingerprint density at radius 2 is 2.00 bits per heavy atom. The van der Waals surface area contributed by atoms with Gasteiger partial charge in [0.05, 0.1) is 5.02 Å². The van der Waals surface area contributed by atoms with Crippen molar-refractivity contribution in [1.29, 1.82) is 0 Å². The molecule has 0 aliphatic carbocycles. The molecule has 0 saturated heterocycles. The first kappa shape index (κ1) is 20.6. The van der Waals surface area contributed by atoms with Crippen molar-refractivity contribution in [3.63, 3.8) is 0 Å². The Kier molecular flexibility index (Phi) is 6.33. The van der Waals surface area contributed by atoms with Crippen molar-refractivity contribution in [3.8, 4) is 11.5 Å². The number of nitrogens with zero attached hydrogens (tertiary/aromatic N) is 2. The summed E-state index contributed by atoms with van der Waals surface area (Å²) in [7, 11) is 0. The summed E-state index contributed by atoms with van der Waals surface area (Å²) in [6.07, 6.45) is 1.60. The van der Waals surface area contributed by atoms with Crippen LogP contribution in [0.5, 0.6) is 11.5 Å². The fourth-order valence-corrected chi connectivity index (χ4v) is 2.72. The summed E-state index contributed by atoms with van der Waals surface area (Å²) < 4.78 is 36.0. The van der Waals surface area contributed by atoms with Gasteiger partial charge in [-0.15, -0.1) is 0 Å². The van der Waals surface area contributed by atoms with Crippen LogP contribution >= 0.6 is 11.6 Å². The van der Waals surface area contributed by atoms with Crippen LogP contribution in [0.3, 0.4) is 0 Å². The third-order valence-electron chi connectivity index (χ3n) is 3.98. The van der Waals surface area contributed by atoms with Crippen LogP contribution in [0.2, 0.25) is 5.02 Å². The third kappa shape index (κ3) is 5.45. The van der Waals surface area contributed by atoms with Crippen molar-refractivity contribution < 1.29 is 23.0 Å². The predicted molar refractivity (Wildman–Crippen MR) is 105 cm³/mol. The summed E-state index contributed by atoms with van der Waals surface area (Å²) >= 11 is 6.09. The van der Waals surface area contributed by atoms with E-state index in [2.05, 4.69) is 15.2 Å². The van der Waals surface area contributed by atoms with E-state index in [1.165, 1.54) is 22.9 Å². The lowest BCUT2D eigenvalue weighted by Crippen LogP contribution is -2.15. The molecule has 0 radical (unpaired) electrons. The molecule has 0 aliphatic rings. The van der Waals surface area contributed by atoms with Gasteiger partial charge < -0.3 is 14.8 Å². The Bertz CT molecular complexity index is 1020. The molecule has 29 heavy (non-hydrogen) atoms. The molecule has 3 rings (SSSR count). The lowest BCUT2D eigenvalue weighted by Gasteiger charge is -2.10. The molecule has 0 atom stereocenters. The van der Waals surface area contributed by atoms with E-state index < -0.39 is 12.5 Å². The molecular formula is C20H18ClF2N3O3. The fourth-order valence-electron chi connectivity index (χ4n) is 2.55. The van der Waals surface area contributed by atoms with Gasteiger partial charge in [-0.1, -0.05) is 17.7 Å². The average molecular weight is 422 g/mol. The van der Waals surface area contributed by atoms with Crippen molar-refractivity contribution in [1.82, 2.24) is 9.78 Å². The lowest BCUT2D eigenvalue weighted by atomic mass is 10.2. The fraction of sp³-hybridized carbons (Fsp3) is 0.200. The van der Waals surface area contributed by atoms with Crippen molar-refractivity contribution >= 4 is 23.2 Å².